The Hall–Kier alpha value is -3.40. The highest BCUT2D eigenvalue weighted by molar-refractivity contribution is 7.80. The van der Waals surface area contributed by atoms with Crippen molar-refractivity contribution in [3.05, 3.63) is 71.2 Å². The second-order valence-corrected chi connectivity index (χ2v) is 8.08. The van der Waals surface area contributed by atoms with E-state index in [1.807, 2.05) is 30.3 Å². The molecule has 0 saturated heterocycles. The summed E-state index contributed by atoms with van der Waals surface area (Å²) >= 11 is 5.66. The Morgan fingerprint density at radius 2 is 1.75 bits per heavy atom. The van der Waals surface area contributed by atoms with Gasteiger partial charge in [-0.15, -0.1) is 0 Å². The van der Waals surface area contributed by atoms with E-state index in [0.29, 0.717) is 22.4 Å². The van der Waals surface area contributed by atoms with Crippen molar-refractivity contribution in [3.8, 4) is 17.2 Å². The number of benzene rings is 2. The molecule has 0 radical (unpaired) electrons. The summed E-state index contributed by atoms with van der Waals surface area (Å²) in [4.78, 5) is 1.72. The molecular weight excluding hydrogens is 445 g/mol. The number of nitrogens with one attached hydrogen (secondary N) is 1. The number of thiocarbonyl (C=S) groups is 1. The van der Waals surface area contributed by atoms with Crippen molar-refractivity contribution in [2.24, 2.45) is 0 Å². The van der Waals surface area contributed by atoms with Crippen molar-refractivity contribution < 1.29 is 31.8 Å². The van der Waals surface area contributed by atoms with E-state index in [1.54, 1.807) is 11.0 Å². The SMILES string of the molecule is FC(F)(F)c1ccc(CN2C(=S)NC3(COc4cc5c(cc43)OCO5)c3ccccc32)o1. The van der Waals surface area contributed by atoms with Crippen molar-refractivity contribution in [2.75, 3.05) is 18.3 Å². The third-order valence-electron chi connectivity index (χ3n) is 5.85. The first kappa shape index (κ1) is 19.3. The van der Waals surface area contributed by atoms with Gasteiger partial charge in [-0.3, -0.25) is 0 Å². The van der Waals surface area contributed by atoms with E-state index in [0.717, 1.165) is 22.9 Å². The van der Waals surface area contributed by atoms with E-state index >= 15 is 0 Å². The average molecular weight is 460 g/mol. The lowest BCUT2D eigenvalue weighted by molar-refractivity contribution is -0.153. The molecule has 0 amide bonds. The van der Waals surface area contributed by atoms with Crippen LogP contribution in [0.3, 0.4) is 0 Å². The summed E-state index contributed by atoms with van der Waals surface area (Å²) in [6.45, 7) is 0.476. The number of rotatable bonds is 2. The molecule has 0 bridgehead atoms. The predicted molar refractivity (Wildman–Crippen MR) is 111 cm³/mol. The fourth-order valence-electron chi connectivity index (χ4n) is 4.39. The molecule has 1 N–H and O–H groups in total. The number of halogens is 3. The Bertz CT molecular complexity index is 1260. The van der Waals surface area contributed by atoms with Gasteiger partial charge in [-0.25, -0.2) is 0 Å². The zero-order valence-corrected chi connectivity index (χ0v) is 17.2. The molecular formula is C22H15F3N2O4S. The minimum absolute atomic E-state index is 0.0455. The molecule has 1 spiro atoms. The second kappa shape index (κ2) is 6.55. The van der Waals surface area contributed by atoms with E-state index in [1.165, 1.54) is 6.07 Å². The van der Waals surface area contributed by atoms with Crippen LogP contribution in [0.15, 0.2) is 52.9 Å². The largest absolute Gasteiger partial charge is 0.490 e. The number of ether oxygens (including phenoxy) is 3. The van der Waals surface area contributed by atoms with Gasteiger partial charge in [0.2, 0.25) is 12.6 Å². The number of fused-ring (bicyclic) bond motifs is 5. The Labute approximate surface area is 185 Å². The average Bonchev–Trinajstić information content (AvgIpc) is 3.49. The topological polar surface area (TPSA) is 56.1 Å². The number of hydrogen-bond donors (Lipinski definition) is 1. The Morgan fingerprint density at radius 1 is 0.969 bits per heavy atom. The molecule has 1 atom stereocenters. The van der Waals surface area contributed by atoms with Gasteiger partial charge in [0.25, 0.3) is 0 Å². The molecule has 3 aliphatic heterocycles. The van der Waals surface area contributed by atoms with Crippen LogP contribution in [0.5, 0.6) is 17.2 Å². The minimum atomic E-state index is -4.54. The lowest BCUT2D eigenvalue weighted by Crippen LogP contribution is -2.57. The Morgan fingerprint density at radius 3 is 2.53 bits per heavy atom. The summed E-state index contributed by atoms with van der Waals surface area (Å²) < 4.78 is 60.9. The third kappa shape index (κ3) is 2.75. The molecule has 0 fully saturated rings. The molecule has 10 heteroatoms. The second-order valence-electron chi connectivity index (χ2n) is 7.69. The van der Waals surface area contributed by atoms with Crippen LogP contribution in [0.2, 0.25) is 0 Å². The first-order valence-corrected chi connectivity index (χ1v) is 10.2. The first-order chi connectivity index (χ1) is 15.3. The molecule has 6 rings (SSSR count). The fraction of sp³-hybridized carbons (Fsp3) is 0.227. The molecule has 32 heavy (non-hydrogen) atoms. The van der Waals surface area contributed by atoms with Crippen LogP contribution in [0.25, 0.3) is 0 Å². The van der Waals surface area contributed by atoms with Crippen LogP contribution in [0.1, 0.15) is 22.6 Å². The number of alkyl halides is 3. The van der Waals surface area contributed by atoms with Crippen LogP contribution in [0.4, 0.5) is 18.9 Å². The molecule has 1 aromatic heterocycles. The van der Waals surface area contributed by atoms with E-state index in [2.05, 4.69) is 5.32 Å². The number of anilines is 1. The smallest absolute Gasteiger partial charge is 0.449 e. The number of hydrogen-bond acceptors (Lipinski definition) is 5. The van der Waals surface area contributed by atoms with E-state index in [9.17, 15) is 13.2 Å². The Kier molecular flexibility index (Phi) is 3.95. The zero-order valence-electron chi connectivity index (χ0n) is 16.4. The number of nitrogens with zero attached hydrogens (tertiary/aromatic N) is 1. The Balaban J connectivity index is 1.42. The van der Waals surface area contributed by atoms with Gasteiger partial charge in [-0.2, -0.15) is 13.2 Å². The molecule has 6 nitrogen and oxygen atoms in total. The van der Waals surface area contributed by atoms with Gasteiger partial charge in [-0.1, -0.05) is 18.2 Å². The highest BCUT2D eigenvalue weighted by Gasteiger charge is 2.49. The standard InChI is InChI=1S/C22H15F3N2O4S/c23-22(24,25)19-6-5-12(31-19)9-27-15-4-2-1-3-13(15)21(26-20(27)32)10-28-16-8-18-17(7-14(16)21)29-11-30-18/h1-8H,9-11H2,(H,26,32). The van der Waals surface area contributed by atoms with Gasteiger partial charge in [0.1, 0.15) is 23.7 Å². The first-order valence-electron chi connectivity index (χ1n) is 9.77. The van der Waals surface area contributed by atoms with E-state index < -0.39 is 17.5 Å². The normalized spacial score (nSPS) is 20.7. The molecule has 164 valence electrons. The van der Waals surface area contributed by atoms with Gasteiger partial charge < -0.3 is 28.8 Å². The van der Waals surface area contributed by atoms with Crippen molar-refractivity contribution >= 4 is 23.0 Å². The number of furan rings is 1. The van der Waals surface area contributed by atoms with Crippen LogP contribution in [-0.4, -0.2) is 18.5 Å². The quantitative estimate of drug-likeness (QED) is 0.563. The van der Waals surface area contributed by atoms with Gasteiger partial charge in [0, 0.05) is 22.9 Å². The number of para-hydroxylation sites is 1. The molecule has 2 aromatic carbocycles. The summed E-state index contributed by atoms with van der Waals surface area (Å²) in [6, 6.07) is 13.5. The van der Waals surface area contributed by atoms with Crippen LogP contribution < -0.4 is 24.4 Å². The van der Waals surface area contributed by atoms with E-state index in [4.69, 9.17) is 30.8 Å². The van der Waals surface area contributed by atoms with Crippen molar-refractivity contribution in [1.82, 2.24) is 5.32 Å². The predicted octanol–water partition coefficient (Wildman–Crippen LogP) is 4.56. The summed E-state index contributed by atoms with van der Waals surface area (Å²) in [5.41, 5.74) is 1.73. The maximum absolute atomic E-state index is 13.0. The summed E-state index contributed by atoms with van der Waals surface area (Å²) in [7, 11) is 0. The van der Waals surface area contributed by atoms with Crippen molar-refractivity contribution in [1.29, 1.82) is 0 Å². The molecule has 4 heterocycles. The molecule has 3 aliphatic rings. The lowest BCUT2D eigenvalue weighted by atomic mass is 9.81. The summed E-state index contributed by atoms with van der Waals surface area (Å²) in [5.74, 6) is 1.01. The fourth-order valence-corrected chi connectivity index (χ4v) is 4.73. The monoisotopic (exact) mass is 460 g/mol. The van der Waals surface area contributed by atoms with Crippen molar-refractivity contribution in [3.63, 3.8) is 0 Å². The third-order valence-corrected chi connectivity index (χ3v) is 6.18. The highest BCUT2D eigenvalue weighted by Crippen LogP contribution is 2.51. The van der Waals surface area contributed by atoms with Crippen LogP contribution in [0, 0.1) is 0 Å². The highest BCUT2D eigenvalue weighted by atomic mass is 32.1. The maximum Gasteiger partial charge on any atom is 0.449 e. The van der Waals surface area contributed by atoms with Gasteiger partial charge in [0.05, 0.1) is 6.54 Å². The molecule has 0 saturated carbocycles. The molecule has 0 aliphatic carbocycles. The van der Waals surface area contributed by atoms with Crippen LogP contribution in [-0.2, 0) is 18.3 Å². The van der Waals surface area contributed by atoms with Gasteiger partial charge in [-0.05, 0) is 36.5 Å². The molecule has 1 unspecified atom stereocenters. The van der Waals surface area contributed by atoms with E-state index in [-0.39, 0.29) is 25.7 Å². The van der Waals surface area contributed by atoms with Gasteiger partial charge in [0.15, 0.2) is 16.6 Å². The summed E-state index contributed by atoms with van der Waals surface area (Å²) in [6.07, 6.45) is -4.54. The van der Waals surface area contributed by atoms with Crippen molar-refractivity contribution in [2.45, 2.75) is 18.3 Å². The molecule has 3 aromatic rings. The zero-order chi connectivity index (χ0) is 22.1. The summed E-state index contributed by atoms with van der Waals surface area (Å²) in [5, 5.41) is 3.72. The van der Waals surface area contributed by atoms with Gasteiger partial charge >= 0.3 is 6.18 Å². The van der Waals surface area contributed by atoms with Crippen LogP contribution >= 0.6 is 12.2 Å². The minimum Gasteiger partial charge on any atom is -0.490 e. The maximum atomic E-state index is 13.0. The lowest BCUT2D eigenvalue weighted by Gasteiger charge is -2.42.